The van der Waals surface area contributed by atoms with Gasteiger partial charge in [0, 0.05) is 18.7 Å². The van der Waals surface area contributed by atoms with Gasteiger partial charge in [0.2, 0.25) is 0 Å². The third kappa shape index (κ3) is 2.51. The Morgan fingerprint density at radius 1 is 1.33 bits per heavy atom. The van der Waals surface area contributed by atoms with Crippen molar-refractivity contribution < 1.29 is 20.1 Å². The summed E-state index contributed by atoms with van der Waals surface area (Å²) in [5, 5.41) is 31.4. The summed E-state index contributed by atoms with van der Waals surface area (Å²) in [6.07, 6.45) is -0.0401. The molecule has 3 rings (SSSR count). The molecule has 0 radical (unpaired) electrons. The van der Waals surface area contributed by atoms with E-state index in [9.17, 15) is 15.0 Å². The van der Waals surface area contributed by atoms with E-state index in [0.717, 1.165) is 5.52 Å². The maximum atomic E-state index is 12.2. The molecule has 0 spiro atoms. The number of aromatic nitrogens is 2. The van der Waals surface area contributed by atoms with Crippen molar-refractivity contribution in [2.75, 3.05) is 6.61 Å². The van der Waals surface area contributed by atoms with Crippen molar-refractivity contribution >= 4 is 16.9 Å². The molecule has 1 saturated carbocycles. The number of aliphatic hydroxyl groups excluding tert-OH is 3. The Balaban J connectivity index is 1.74. The van der Waals surface area contributed by atoms with Gasteiger partial charge in [-0.1, -0.05) is 0 Å². The molecule has 2 aromatic rings. The Morgan fingerprint density at radius 3 is 2.86 bits per heavy atom. The van der Waals surface area contributed by atoms with E-state index in [1.54, 1.807) is 24.4 Å². The molecule has 112 valence electrons. The van der Waals surface area contributed by atoms with Gasteiger partial charge in [0.15, 0.2) is 0 Å². The van der Waals surface area contributed by atoms with Crippen LogP contribution in [0.5, 0.6) is 0 Å². The SMILES string of the molecule is O=C(N[C@H]1C[C@@H](CO)[C@H](O)[C@@H]1O)c1ccc2[nH]ccc2n1. The van der Waals surface area contributed by atoms with Gasteiger partial charge in [-0.05, 0) is 24.6 Å². The van der Waals surface area contributed by atoms with E-state index in [1.165, 1.54) is 0 Å². The van der Waals surface area contributed by atoms with Crippen molar-refractivity contribution in [1.82, 2.24) is 15.3 Å². The van der Waals surface area contributed by atoms with Gasteiger partial charge in [-0.3, -0.25) is 4.79 Å². The van der Waals surface area contributed by atoms with E-state index in [-0.39, 0.29) is 12.3 Å². The first-order valence-corrected chi connectivity index (χ1v) is 6.82. The van der Waals surface area contributed by atoms with Crippen LogP contribution in [0.2, 0.25) is 0 Å². The summed E-state index contributed by atoms with van der Waals surface area (Å²) in [4.78, 5) is 19.4. The third-order valence-electron chi connectivity index (χ3n) is 3.99. The van der Waals surface area contributed by atoms with Gasteiger partial charge in [0.05, 0.1) is 23.2 Å². The van der Waals surface area contributed by atoms with E-state index < -0.39 is 30.1 Å². The van der Waals surface area contributed by atoms with Gasteiger partial charge < -0.3 is 25.6 Å². The average Bonchev–Trinajstić information content (AvgIpc) is 3.06. The fraction of sp³-hybridized carbons (Fsp3) is 0.429. The summed E-state index contributed by atoms with van der Waals surface area (Å²) in [5.41, 5.74) is 1.77. The van der Waals surface area contributed by atoms with Crippen LogP contribution in [0.4, 0.5) is 0 Å². The standard InChI is InChI=1S/C14H17N3O4/c18-6-7-5-11(13(20)12(7)19)17-14(21)10-2-1-8-9(16-10)3-4-15-8/h1-4,7,11-13,15,18-20H,5-6H2,(H,17,21)/t7-,11-,12-,13+/m0/s1. The molecule has 1 aliphatic carbocycles. The summed E-state index contributed by atoms with van der Waals surface area (Å²) < 4.78 is 0. The summed E-state index contributed by atoms with van der Waals surface area (Å²) in [6.45, 7) is -0.224. The number of hydrogen-bond donors (Lipinski definition) is 5. The number of aromatic amines is 1. The van der Waals surface area contributed by atoms with Crippen LogP contribution in [0, 0.1) is 5.92 Å². The van der Waals surface area contributed by atoms with Crippen molar-refractivity contribution in [2.24, 2.45) is 5.92 Å². The highest BCUT2D eigenvalue weighted by Gasteiger charge is 2.41. The maximum Gasteiger partial charge on any atom is 0.270 e. The molecule has 0 aliphatic heterocycles. The monoisotopic (exact) mass is 291 g/mol. The molecule has 0 aromatic carbocycles. The quantitative estimate of drug-likeness (QED) is 0.517. The molecule has 0 unspecified atom stereocenters. The number of aliphatic hydroxyl groups is 3. The molecule has 4 atom stereocenters. The van der Waals surface area contributed by atoms with Gasteiger partial charge in [-0.2, -0.15) is 0 Å². The van der Waals surface area contributed by atoms with Crippen LogP contribution >= 0.6 is 0 Å². The number of nitrogens with zero attached hydrogens (tertiary/aromatic N) is 1. The predicted molar refractivity (Wildman–Crippen MR) is 74.6 cm³/mol. The average molecular weight is 291 g/mol. The summed E-state index contributed by atoms with van der Waals surface area (Å²) >= 11 is 0. The van der Waals surface area contributed by atoms with Crippen molar-refractivity contribution in [2.45, 2.75) is 24.7 Å². The van der Waals surface area contributed by atoms with Gasteiger partial charge >= 0.3 is 0 Å². The van der Waals surface area contributed by atoms with Crippen LogP contribution in [0.3, 0.4) is 0 Å². The van der Waals surface area contributed by atoms with Gasteiger partial charge in [-0.25, -0.2) is 4.98 Å². The second-order valence-electron chi connectivity index (χ2n) is 5.35. The second kappa shape index (κ2) is 5.44. The number of carbonyl (C=O) groups excluding carboxylic acids is 1. The topological polar surface area (TPSA) is 118 Å². The number of fused-ring (bicyclic) bond motifs is 1. The molecule has 5 N–H and O–H groups in total. The highest BCUT2D eigenvalue weighted by atomic mass is 16.3. The van der Waals surface area contributed by atoms with Gasteiger partial charge in [-0.15, -0.1) is 0 Å². The molecular weight excluding hydrogens is 274 g/mol. The first-order valence-electron chi connectivity index (χ1n) is 6.82. The van der Waals surface area contributed by atoms with Gasteiger partial charge in [0.25, 0.3) is 5.91 Å². The highest BCUT2D eigenvalue weighted by molar-refractivity contribution is 5.94. The number of rotatable bonds is 3. The molecule has 0 bridgehead atoms. The van der Waals surface area contributed by atoms with Crippen LogP contribution in [-0.2, 0) is 0 Å². The molecule has 0 saturated heterocycles. The zero-order chi connectivity index (χ0) is 15.0. The van der Waals surface area contributed by atoms with Crippen molar-refractivity contribution in [3.8, 4) is 0 Å². The first-order chi connectivity index (χ1) is 10.1. The lowest BCUT2D eigenvalue weighted by molar-refractivity contribution is 0.000118. The van der Waals surface area contributed by atoms with Crippen molar-refractivity contribution in [3.05, 3.63) is 30.1 Å². The number of carbonyl (C=O) groups is 1. The predicted octanol–water partition coefficient (Wildman–Crippen LogP) is -0.605. The maximum absolute atomic E-state index is 12.2. The highest BCUT2D eigenvalue weighted by Crippen LogP contribution is 2.26. The molecule has 7 heteroatoms. The smallest absolute Gasteiger partial charge is 0.270 e. The van der Waals surface area contributed by atoms with Crippen LogP contribution in [0.25, 0.3) is 11.0 Å². The first kappa shape index (κ1) is 14.0. The fourth-order valence-corrected chi connectivity index (χ4v) is 2.75. The Labute approximate surface area is 120 Å². The minimum atomic E-state index is -1.08. The van der Waals surface area contributed by atoms with E-state index >= 15 is 0 Å². The molecular formula is C14H17N3O4. The summed E-state index contributed by atoms with van der Waals surface area (Å²) in [6, 6.07) is 4.53. The molecule has 2 aromatic heterocycles. The Morgan fingerprint density at radius 2 is 2.14 bits per heavy atom. The van der Waals surface area contributed by atoms with Crippen LogP contribution in [0.1, 0.15) is 16.9 Å². The van der Waals surface area contributed by atoms with Crippen LogP contribution < -0.4 is 5.32 Å². The van der Waals surface area contributed by atoms with Crippen molar-refractivity contribution in [1.29, 1.82) is 0 Å². The molecule has 21 heavy (non-hydrogen) atoms. The third-order valence-corrected chi connectivity index (χ3v) is 3.99. The van der Waals surface area contributed by atoms with E-state index in [1.807, 2.05) is 0 Å². The lowest BCUT2D eigenvalue weighted by Crippen LogP contribution is -2.43. The Bertz CT molecular complexity index is 656. The number of hydrogen-bond acceptors (Lipinski definition) is 5. The lowest BCUT2D eigenvalue weighted by Gasteiger charge is -2.17. The zero-order valence-electron chi connectivity index (χ0n) is 11.2. The lowest BCUT2D eigenvalue weighted by atomic mass is 10.1. The molecule has 1 aliphatic rings. The molecule has 2 heterocycles. The Hall–Kier alpha value is -1.96. The largest absolute Gasteiger partial charge is 0.396 e. The minimum Gasteiger partial charge on any atom is -0.396 e. The number of amides is 1. The minimum absolute atomic E-state index is 0.224. The fourth-order valence-electron chi connectivity index (χ4n) is 2.75. The molecule has 1 amide bonds. The normalized spacial score (nSPS) is 28.9. The van der Waals surface area contributed by atoms with Crippen molar-refractivity contribution in [3.63, 3.8) is 0 Å². The van der Waals surface area contributed by atoms with Crippen LogP contribution in [0.15, 0.2) is 24.4 Å². The molecule has 1 fully saturated rings. The van der Waals surface area contributed by atoms with E-state index in [4.69, 9.17) is 5.11 Å². The number of pyridine rings is 1. The number of nitrogens with one attached hydrogen (secondary N) is 2. The van der Waals surface area contributed by atoms with Crippen LogP contribution in [-0.4, -0.2) is 56.1 Å². The summed E-state index contributed by atoms with van der Waals surface area (Å²) in [7, 11) is 0. The van der Waals surface area contributed by atoms with E-state index in [2.05, 4.69) is 15.3 Å². The molecule has 7 nitrogen and oxygen atoms in total. The second-order valence-corrected chi connectivity index (χ2v) is 5.35. The zero-order valence-corrected chi connectivity index (χ0v) is 11.2. The van der Waals surface area contributed by atoms with E-state index in [0.29, 0.717) is 11.9 Å². The number of H-pyrrole nitrogens is 1. The van der Waals surface area contributed by atoms with Gasteiger partial charge in [0.1, 0.15) is 11.8 Å². The summed E-state index contributed by atoms with van der Waals surface area (Å²) in [5.74, 6) is -0.835. The Kier molecular flexibility index (Phi) is 3.62.